The number of hydrogen-bond donors (Lipinski definition) is 1. The molecule has 1 aliphatic carbocycles. The number of hydrogen-bond acceptors (Lipinski definition) is 4. The largest absolute Gasteiger partial charge is 0.375 e. The van der Waals surface area contributed by atoms with Crippen molar-refractivity contribution in [1.29, 1.82) is 0 Å². The molecule has 1 aromatic heterocycles. The summed E-state index contributed by atoms with van der Waals surface area (Å²) < 4.78 is 5.97. The van der Waals surface area contributed by atoms with Crippen LogP contribution in [-0.4, -0.2) is 42.8 Å². The minimum atomic E-state index is 0.497. The van der Waals surface area contributed by atoms with E-state index in [-0.39, 0.29) is 0 Å². The van der Waals surface area contributed by atoms with Crippen molar-refractivity contribution < 1.29 is 4.74 Å². The second-order valence-corrected chi connectivity index (χ2v) is 7.09. The molecule has 1 saturated carbocycles. The van der Waals surface area contributed by atoms with E-state index >= 15 is 0 Å². The van der Waals surface area contributed by atoms with E-state index in [4.69, 9.17) is 4.74 Å². The highest BCUT2D eigenvalue weighted by atomic mass is 32.1. The number of thiophene rings is 1. The lowest BCUT2D eigenvalue weighted by Gasteiger charge is -2.46. The van der Waals surface area contributed by atoms with E-state index in [2.05, 4.69) is 34.7 Å². The van der Waals surface area contributed by atoms with E-state index in [9.17, 15) is 0 Å². The van der Waals surface area contributed by atoms with Crippen LogP contribution in [0.25, 0.3) is 0 Å². The van der Waals surface area contributed by atoms with Crippen LogP contribution in [0.3, 0.4) is 0 Å². The molecule has 3 atom stereocenters. The third kappa shape index (κ3) is 3.42. The fourth-order valence-electron chi connectivity index (χ4n) is 3.61. The van der Waals surface area contributed by atoms with Crippen LogP contribution >= 0.6 is 11.3 Å². The van der Waals surface area contributed by atoms with Gasteiger partial charge in [0.1, 0.15) is 0 Å². The second-order valence-electron chi connectivity index (χ2n) is 6.06. The molecule has 0 spiro atoms. The minimum Gasteiger partial charge on any atom is -0.375 e. The third-order valence-corrected chi connectivity index (χ3v) is 5.54. The zero-order valence-corrected chi connectivity index (χ0v) is 13.2. The maximum atomic E-state index is 5.97. The Hall–Kier alpha value is -0.420. The van der Waals surface area contributed by atoms with Crippen LogP contribution in [0, 0.1) is 0 Å². The van der Waals surface area contributed by atoms with Gasteiger partial charge in [-0.3, -0.25) is 4.90 Å². The lowest BCUT2D eigenvalue weighted by Crippen LogP contribution is -2.57. The van der Waals surface area contributed by atoms with E-state index in [1.165, 1.54) is 30.6 Å². The van der Waals surface area contributed by atoms with Crippen LogP contribution in [0.2, 0.25) is 0 Å². The zero-order valence-electron chi connectivity index (χ0n) is 12.4. The molecule has 112 valence electrons. The molecule has 0 bridgehead atoms. The van der Waals surface area contributed by atoms with Crippen LogP contribution in [-0.2, 0) is 11.3 Å². The van der Waals surface area contributed by atoms with Crippen LogP contribution in [0.15, 0.2) is 17.5 Å². The lowest BCUT2D eigenvalue weighted by molar-refractivity contribution is -0.0997. The SMILES string of the molecule is CC(CNCc1cccs1)N1CCOC2CCCCC21. The van der Waals surface area contributed by atoms with Crippen LogP contribution in [0.5, 0.6) is 0 Å². The first-order valence-electron chi connectivity index (χ1n) is 7.95. The number of nitrogens with one attached hydrogen (secondary N) is 1. The Balaban J connectivity index is 1.49. The van der Waals surface area contributed by atoms with Gasteiger partial charge in [0.25, 0.3) is 0 Å². The van der Waals surface area contributed by atoms with E-state index in [0.29, 0.717) is 18.2 Å². The number of fused-ring (bicyclic) bond motifs is 1. The lowest BCUT2D eigenvalue weighted by atomic mass is 9.89. The summed E-state index contributed by atoms with van der Waals surface area (Å²) in [5, 5.41) is 5.76. The minimum absolute atomic E-state index is 0.497. The second kappa shape index (κ2) is 7.03. The summed E-state index contributed by atoms with van der Waals surface area (Å²) in [5.41, 5.74) is 0. The molecule has 1 aromatic rings. The van der Waals surface area contributed by atoms with E-state index in [1.807, 2.05) is 11.3 Å². The number of rotatable bonds is 5. The highest BCUT2D eigenvalue weighted by Gasteiger charge is 2.35. The van der Waals surface area contributed by atoms with E-state index < -0.39 is 0 Å². The first-order chi connectivity index (χ1) is 9.84. The van der Waals surface area contributed by atoms with Crippen molar-refractivity contribution in [3.63, 3.8) is 0 Å². The van der Waals surface area contributed by atoms with Gasteiger partial charge in [-0.25, -0.2) is 0 Å². The van der Waals surface area contributed by atoms with E-state index in [1.54, 1.807) is 0 Å². The van der Waals surface area contributed by atoms with Crippen LogP contribution in [0.1, 0.15) is 37.5 Å². The molecule has 20 heavy (non-hydrogen) atoms. The predicted octanol–water partition coefficient (Wildman–Crippen LogP) is 2.87. The molecular formula is C16H26N2OS. The Morgan fingerprint density at radius 2 is 2.35 bits per heavy atom. The first-order valence-corrected chi connectivity index (χ1v) is 8.83. The number of nitrogens with zero attached hydrogens (tertiary/aromatic N) is 1. The maximum Gasteiger partial charge on any atom is 0.0731 e. The molecule has 2 heterocycles. The van der Waals surface area contributed by atoms with Gasteiger partial charge in [-0.05, 0) is 31.2 Å². The monoisotopic (exact) mass is 294 g/mol. The quantitative estimate of drug-likeness (QED) is 0.904. The summed E-state index contributed by atoms with van der Waals surface area (Å²) in [6.07, 6.45) is 5.80. The summed E-state index contributed by atoms with van der Waals surface area (Å²) in [5.74, 6) is 0. The summed E-state index contributed by atoms with van der Waals surface area (Å²) in [6, 6.07) is 5.59. The van der Waals surface area contributed by atoms with Crippen LogP contribution in [0.4, 0.5) is 0 Å². The maximum absolute atomic E-state index is 5.97. The zero-order chi connectivity index (χ0) is 13.8. The highest BCUT2D eigenvalue weighted by molar-refractivity contribution is 7.09. The topological polar surface area (TPSA) is 24.5 Å². The van der Waals surface area contributed by atoms with Crippen molar-refractivity contribution >= 4 is 11.3 Å². The molecule has 1 saturated heterocycles. The van der Waals surface area contributed by atoms with Crippen LogP contribution < -0.4 is 5.32 Å². The molecule has 4 heteroatoms. The summed E-state index contributed by atoms with van der Waals surface area (Å²) >= 11 is 1.83. The normalized spacial score (nSPS) is 29.1. The van der Waals surface area contributed by atoms with Crippen molar-refractivity contribution in [1.82, 2.24) is 10.2 Å². The smallest absolute Gasteiger partial charge is 0.0731 e. The van der Waals surface area contributed by atoms with E-state index in [0.717, 1.165) is 26.2 Å². The molecule has 3 nitrogen and oxygen atoms in total. The Morgan fingerprint density at radius 3 is 3.20 bits per heavy atom. The fourth-order valence-corrected chi connectivity index (χ4v) is 4.28. The van der Waals surface area contributed by atoms with Gasteiger partial charge in [-0.2, -0.15) is 0 Å². The van der Waals surface area contributed by atoms with Gasteiger partial charge in [0.15, 0.2) is 0 Å². The van der Waals surface area contributed by atoms with Gasteiger partial charge < -0.3 is 10.1 Å². The van der Waals surface area contributed by atoms with Gasteiger partial charge in [0.2, 0.25) is 0 Å². The molecule has 2 fully saturated rings. The van der Waals surface area contributed by atoms with Crippen molar-refractivity contribution in [3.8, 4) is 0 Å². The average molecular weight is 294 g/mol. The average Bonchev–Trinajstić information content (AvgIpc) is 3.00. The third-order valence-electron chi connectivity index (χ3n) is 4.66. The van der Waals surface area contributed by atoms with Gasteiger partial charge in [0.05, 0.1) is 12.7 Å². The molecular weight excluding hydrogens is 268 g/mol. The molecule has 1 aliphatic heterocycles. The molecule has 0 amide bonds. The standard InChI is InChI=1S/C16H26N2OS/c1-13(11-17-12-14-5-4-10-20-14)18-8-9-19-16-7-3-2-6-15(16)18/h4-5,10,13,15-17H,2-3,6-9,11-12H2,1H3. The highest BCUT2D eigenvalue weighted by Crippen LogP contribution is 2.29. The summed E-state index contributed by atoms with van der Waals surface area (Å²) in [6.45, 7) is 6.44. The Kier molecular flexibility index (Phi) is 5.10. The molecule has 0 aromatic carbocycles. The Morgan fingerprint density at radius 1 is 1.45 bits per heavy atom. The molecule has 0 radical (unpaired) electrons. The fraction of sp³-hybridized carbons (Fsp3) is 0.750. The van der Waals surface area contributed by atoms with Gasteiger partial charge in [0, 0.05) is 36.6 Å². The van der Waals surface area contributed by atoms with Gasteiger partial charge in [-0.1, -0.05) is 18.9 Å². The molecule has 1 N–H and O–H groups in total. The summed E-state index contributed by atoms with van der Waals surface area (Å²) in [7, 11) is 0. The van der Waals surface area contributed by atoms with Crippen molar-refractivity contribution in [2.75, 3.05) is 19.7 Å². The molecule has 2 aliphatic rings. The van der Waals surface area contributed by atoms with Crippen molar-refractivity contribution in [2.24, 2.45) is 0 Å². The molecule has 3 rings (SSSR count). The number of morpholine rings is 1. The predicted molar refractivity (Wildman–Crippen MR) is 84.2 cm³/mol. The number of ether oxygens (including phenoxy) is 1. The molecule has 3 unspecified atom stereocenters. The first kappa shape index (κ1) is 14.5. The van der Waals surface area contributed by atoms with Crippen molar-refractivity contribution in [2.45, 2.75) is 57.3 Å². The Labute approximate surface area is 126 Å². The summed E-state index contributed by atoms with van der Waals surface area (Å²) in [4.78, 5) is 4.11. The van der Waals surface area contributed by atoms with Gasteiger partial charge in [-0.15, -0.1) is 11.3 Å². The van der Waals surface area contributed by atoms with Crippen molar-refractivity contribution in [3.05, 3.63) is 22.4 Å². The Bertz CT molecular complexity index is 393. The van der Waals surface area contributed by atoms with Gasteiger partial charge >= 0.3 is 0 Å².